The van der Waals surface area contributed by atoms with E-state index >= 15 is 0 Å². The Bertz CT molecular complexity index is 412. The molecule has 2 N–H and O–H groups in total. The summed E-state index contributed by atoms with van der Waals surface area (Å²) in [5, 5.41) is 3.34. The lowest BCUT2D eigenvalue weighted by atomic mass is 9.90. The van der Waals surface area contributed by atoms with E-state index in [0.29, 0.717) is 11.6 Å². The van der Waals surface area contributed by atoms with Crippen LogP contribution in [0.4, 0.5) is 0 Å². The molecule has 1 aliphatic heterocycles. The van der Waals surface area contributed by atoms with Gasteiger partial charge in [0.05, 0.1) is 0 Å². The van der Waals surface area contributed by atoms with Crippen molar-refractivity contribution in [1.82, 2.24) is 10.3 Å². The molecule has 0 radical (unpaired) electrons. The average molecular weight is 250 g/mol. The summed E-state index contributed by atoms with van der Waals surface area (Å²) in [5.74, 6) is 0.209. The van der Waals surface area contributed by atoms with Crippen LogP contribution in [0.25, 0.3) is 0 Å². The number of hydrogen-bond acceptors (Lipinski definition) is 3. The van der Waals surface area contributed by atoms with Gasteiger partial charge in [-0.15, -0.1) is 0 Å². The average Bonchev–Trinajstić information content (AvgIpc) is 2.76. The fourth-order valence-electron chi connectivity index (χ4n) is 2.36. The van der Waals surface area contributed by atoms with Crippen molar-refractivity contribution in [3.8, 4) is 0 Å². The Morgan fingerprint density at radius 2 is 2.00 bits per heavy atom. The number of piperidine rings is 1. The smallest absolute Gasteiger partial charge is 0.355 e. The van der Waals surface area contributed by atoms with Gasteiger partial charge >= 0.3 is 5.97 Å². The summed E-state index contributed by atoms with van der Waals surface area (Å²) in [6.07, 6.45) is 3.98. The molecule has 1 aromatic heterocycles. The molecule has 2 heterocycles. The number of nitrogens with one attached hydrogen (secondary N) is 2. The van der Waals surface area contributed by atoms with Crippen LogP contribution in [-0.4, -0.2) is 29.6 Å². The summed E-state index contributed by atoms with van der Waals surface area (Å²) >= 11 is 0. The predicted octanol–water partition coefficient (Wildman–Crippen LogP) is 2.44. The number of carbonyl (C=O) groups excluding carboxylic acids is 1. The molecule has 1 saturated heterocycles. The van der Waals surface area contributed by atoms with Crippen molar-refractivity contribution in [2.24, 2.45) is 0 Å². The molecule has 0 atom stereocenters. The van der Waals surface area contributed by atoms with Crippen LogP contribution < -0.4 is 5.32 Å². The topological polar surface area (TPSA) is 54.1 Å². The first-order valence-corrected chi connectivity index (χ1v) is 6.59. The molecular formula is C14H22N2O2. The monoisotopic (exact) mass is 250 g/mol. The first kappa shape index (κ1) is 13.1. The Morgan fingerprint density at radius 1 is 1.33 bits per heavy atom. The van der Waals surface area contributed by atoms with Gasteiger partial charge in [-0.2, -0.15) is 0 Å². The first-order valence-electron chi connectivity index (χ1n) is 6.59. The molecule has 4 nitrogen and oxygen atoms in total. The van der Waals surface area contributed by atoms with Gasteiger partial charge in [-0.3, -0.25) is 0 Å². The molecule has 0 amide bonds. The molecule has 4 heteroatoms. The van der Waals surface area contributed by atoms with Crippen LogP contribution in [0.2, 0.25) is 0 Å². The highest BCUT2D eigenvalue weighted by Gasteiger charge is 2.25. The quantitative estimate of drug-likeness (QED) is 0.793. The third-order valence-electron chi connectivity index (χ3n) is 3.16. The molecule has 18 heavy (non-hydrogen) atoms. The number of esters is 1. The fourth-order valence-corrected chi connectivity index (χ4v) is 2.36. The minimum atomic E-state index is -0.451. The third kappa shape index (κ3) is 3.13. The van der Waals surface area contributed by atoms with Gasteiger partial charge in [-0.05, 0) is 64.3 Å². The number of aromatic nitrogens is 1. The number of aromatic amines is 1. The van der Waals surface area contributed by atoms with Gasteiger partial charge in [-0.1, -0.05) is 0 Å². The van der Waals surface area contributed by atoms with E-state index in [1.54, 1.807) is 0 Å². The molecule has 1 aliphatic rings. The van der Waals surface area contributed by atoms with Crippen molar-refractivity contribution in [1.29, 1.82) is 0 Å². The van der Waals surface area contributed by atoms with Crippen molar-refractivity contribution in [2.75, 3.05) is 13.1 Å². The lowest BCUT2D eigenvalue weighted by Gasteiger charge is -2.24. The lowest BCUT2D eigenvalue weighted by molar-refractivity contribution is 0.00616. The van der Waals surface area contributed by atoms with E-state index in [1.165, 1.54) is 0 Å². The molecule has 0 unspecified atom stereocenters. The molecule has 100 valence electrons. The summed E-state index contributed by atoms with van der Waals surface area (Å²) < 4.78 is 5.43. The van der Waals surface area contributed by atoms with E-state index in [0.717, 1.165) is 31.5 Å². The molecule has 0 aromatic carbocycles. The van der Waals surface area contributed by atoms with E-state index in [9.17, 15) is 4.79 Å². The van der Waals surface area contributed by atoms with Crippen LogP contribution in [0.3, 0.4) is 0 Å². The highest BCUT2D eigenvalue weighted by atomic mass is 16.6. The Morgan fingerprint density at radius 3 is 2.61 bits per heavy atom. The zero-order chi connectivity index (χ0) is 13.2. The highest BCUT2D eigenvalue weighted by Crippen LogP contribution is 2.28. The maximum Gasteiger partial charge on any atom is 0.355 e. The summed E-state index contributed by atoms with van der Waals surface area (Å²) in [6.45, 7) is 7.70. The minimum absolute atomic E-state index is 0.249. The van der Waals surface area contributed by atoms with Crippen LogP contribution in [0, 0.1) is 0 Å². The van der Waals surface area contributed by atoms with Gasteiger partial charge in [0.1, 0.15) is 11.3 Å². The third-order valence-corrected chi connectivity index (χ3v) is 3.16. The van der Waals surface area contributed by atoms with E-state index in [2.05, 4.69) is 10.3 Å². The van der Waals surface area contributed by atoms with Crippen LogP contribution in [0.1, 0.15) is 55.6 Å². The van der Waals surface area contributed by atoms with Gasteiger partial charge in [0.25, 0.3) is 0 Å². The number of hydrogen-bond donors (Lipinski definition) is 2. The van der Waals surface area contributed by atoms with Gasteiger partial charge in [-0.25, -0.2) is 4.79 Å². The van der Waals surface area contributed by atoms with E-state index in [4.69, 9.17) is 4.74 Å². The summed E-state index contributed by atoms with van der Waals surface area (Å²) in [5.41, 5.74) is 1.27. The van der Waals surface area contributed by atoms with Gasteiger partial charge in [0, 0.05) is 6.20 Å². The zero-order valence-electron chi connectivity index (χ0n) is 11.4. The number of ether oxygens (including phenoxy) is 1. The van der Waals surface area contributed by atoms with Crippen molar-refractivity contribution in [2.45, 2.75) is 45.1 Å². The normalized spacial score (nSPS) is 17.7. The fraction of sp³-hybridized carbons (Fsp3) is 0.643. The van der Waals surface area contributed by atoms with Crippen LogP contribution >= 0.6 is 0 Å². The Balaban J connectivity index is 2.14. The highest BCUT2D eigenvalue weighted by molar-refractivity contribution is 5.89. The SMILES string of the molecule is CC(C)(C)OC(=O)c1[nH]ccc1C1CCNCC1. The summed E-state index contributed by atoms with van der Waals surface area (Å²) in [7, 11) is 0. The second-order valence-corrected chi connectivity index (χ2v) is 5.83. The first-order chi connectivity index (χ1) is 8.47. The Labute approximate surface area is 108 Å². The van der Waals surface area contributed by atoms with Gasteiger partial charge in [0.15, 0.2) is 0 Å². The standard InChI is InChI=1S/C14H22N2O2/c1-14(2,3)18-13(17)12-11(6-9-16-12)10-4-7-15-8-5-10/h6,9-10,15-16H,4-5,7-8H2,1-3H3. The largest absolute Gasteiger partial charge is 0.455 e. The zero-order valence-corrected chi connectivity index (χ0v) is 11.4. The Kier molecular flexibility index (Phi) is 3.76. The number of H-pyrrole nitrogens is 1. The summed E-state index contributed by atoms with van der Waals surface area (Å²) in [4.78, 5) is 15.1. The maximum absolute atomic E-state index is 12.1. The lowest BCUT2D eigenvalue weighted by Crippen LogP contribution is -2.28. The second kappa shape index (κ2) is 5.14. The van der Waals surface area contributed by atoms with Crippen LogP contribution in [0.5, 0.6) is 0 Å². The molecule has 0 spiro atoms. The minimum Gasteiger partial charge on any atom is -0.455 e. The molecule has 0 bridgehead atoms. The second-order valence-electron chi connectivity index (χ2n) is 5.83. The van der Waals surface area contributed by atoms with E-state index in [1.807, 2.05) is 33.0 Å². The Hall–Kier alpha value is -1.29. The molecule has 1 fully saturated rings. The predicted molar refractivity (Wildman–Crippen MR) is 70.8 cm³/mol. The number of carbonyl (C=O) groups is 1. The van der Waals surface area contributed by atoms with E-state index in [-0.39, 0.29) is 5.97 Å². The molecule has 1 aromatic rings. The van der Waals surface area contributed by atoms with E-state index < -0.39 is 5.60 Å². The van der Waals surface area contributed by atoms with Crippen LogP contribution in [0.15, 0.2) is 12.3 Å². The van der Waals surface area contributed by atoms with Crippen molar-refractivity contribution < 1.29 is 9.53 Å². The maximum atomic E-state index is 12.1. The van der Waals surface area contributed by atoms with Crippen molar-refractivity contribution >= 4 is 5.97 Å². The molecular weight excluding hydrogens is 228 g/mol. The van der Waals surface area contributed by atoms with Gasteiger partial charge in [0.2, 0.25) is 0 Å². The van der Waals surface area contributed by atoms with Crippen molar-refractivity contribution in [3.63, 3.8) is 0 Å². The number of rotatable bonds is 2. The van der Waals surface area contributed by atoms with Gasteiger partial charge < -0.3 is 15.0 Å². The van der Waals surface area contributed by atoms with Crippen LogP contribution in [-0.2, 0) is 4.74 Å². The molecule has 0 saturated carbocycles. The molecule has 0 aliphatic carbocycles. The summed E-state index contributed by atoms with van der Waals surface area (Å²) in [6, 6.07) is 2.01. The van der Waals surface area contributed by atoms with Crippen molar-refractivity contribution in [3.05, 3.63) is 23.5 Å². The molecule has 2 rings (SSSR count).